The van der Waals surface area contributed by atoms with E-state index in [1.807, 2.05) is 6.92 Å². The monoisotopic (exact) mass is 411 g/mol. The normalized spacial score (nSPS) is 11.9. The number of hydrogen-bond acceptors (Lipinski definition) is 7. The van der Waals surface area contributed by atoms with E-state index >= 15 is 0 Å². The lowest BCUT2D eigenvalue weighted by Gasteiger charge is -2.02. The predicted molar refractivity (Wildman–Crippen MR) is 95.2 cm³/mol. The topological polar surface area (TPSA) is 76.7 Å². The van der Waals surface area contributed by atoms with Gasteiger partial charge < -0.3 is 9.73 Å². The Morgan fingerprint density at radius 1 is 1.11 bits per heavy atom. The van der Waals surface area contributed by atoms with Gasteiger partial charge in [-0.05, 0) is 31.2 Å². The molecule has 0 saturated heterocycles. The van der Waals surface area contributed by atoms with Crippen molar-refractivity contribution in [3.8, 4) is 11.3 Å². The molecule has 0 aliphatic heterocycles. The number of halogens is 4. The minimum Gasteiger partial charge on any atom is -0.437 e. The molecule has 1 N–H and O–H groups in total. The number of aryl methyl sites for hydroxylation is 1. The molecule has 138 valence electrons. The van der Waals surface area contributed by atoms with Gasteiger partial charge in [0.15, 0.2) is 0 Å². The van der Waals surface area contributed by atoms with Crippen molar-refractivity contribution in [1.29, 1.82) is 0 Å². The fourth-order valence-corrected chi connectivity index (χ4v) is 3.27. The minimum atomic E-state index is -4.55. The van der Waals surface area contributed by atoms with Gasteiger partial charge in [-0.2, -0.15) is 13.2 Å². The number of fused-ring (bicyclic) bond motifs is 1. The summed E-state index contributed by atoms with van der Waals surface area (Å²) >= 11 is 6.30. The summed E-state index contributed by atoms with van der Waals surface area (Å²) in [5, 5.41) is 9.50. The molecule has 0 radical (unpaired) electrons. The summed E-state index contributed by atoms with van der Waals surface area (Å²) in [6, 6.07) is 7.06. The Morgan fingerprint density at radius 3 is 2.52 bits per heavy atom. The Bertz CT molecular complexity index is 1120. The Labute approximate surface area is 159 Å². The molecular weight excluding hydrogens is 403 g/mol. The summed E-state index contributed by atoms with van der Waals surface area (Å²) in [5.74, 6) is 0.852. The average molecular weight is 412 g/mol. The van der Waals surface area contributed by atoms with Crippen LogP contribution in [0.5, 0.6) is 0 Å². The highest BCUT2D eigenvalue weighted by molar-refractivity contribution is 7.15. The van der Waals surface area contributed by atoms with Crippen LogP contribution in [0.2, 0.25) is 5.02 Å². The fraction of sp³-hybridized carbons (Fsp3) is 0.125. The fourth-order valence-electron chi connectivity index (χ4n) is 2.53. The first-order valence-electron chi connectivity index (χ1n) is 7.50. The number of rotatable bonds is 3. The maximum Gasteiger partial charge on any atom is 0.445 e. The highest BCUT2D eigenvalue weighted by atomic mass is 35.5. The standard InChI is InChI=1S/C16H9ClF3N5OS/c1-7-10-12(23-15-25-24-14(27-15)16(18,19)20)21-6-22-13(10)26-11(7)8-2-4-9(17)5-3-8/h2-6H,1H3,(H,21,22,23,25). The third-order valence-corrected chi connectivity index (χ3v) is 4.86. The van der Waals surface area contributed by atoms with Crippen molar-refractivity contribution < 1.29 is 17.6 Å². The van der Waals surface area contributed by atoms with Gasteiger partial charge in [-0.3, -0.25) is 0 Å². The van der Waals surface area contributed by atoms with Crippen LogP contribution in [-0.2, 0) is 6.18 Å². The van der Waals surface area contributed by atoms with Crippen molar-refractivity contribution >= 4 is 45.0 Å². The van der Waals surface area contributed by atoms with Crippen molar-refractivity contribution in [2.24, 2.45) is 0 Å². The zero-order valence-corrected chi connectivity index (χ0v) is 15.1. The van der Waals surface area contributed by atoms with E-state index in [-0.39, 0.29) is 10.9 Å². The predicted octanol–water partition coefficient (Wildman–Crippen LogP) is 5.47. The number of benzene rings is 1. The summed E-state index contributed by atoms with van der Waals surface area (Å²) in [4.78, 5) is 8.21. The maximum atomic E-state index is 12.7. The molecule has 0 spiro atoms. The van der Waals surface area contributed by atoms with E-state index in [0.717, 1.165) is 11.1 Å². The Kier molecular flexibility index (Phi) is 4.23. The van der Waals surface area contributed by atoms with Crippen molar-refractivity contribution in [1.82, 2.24) is 20.2 Å². The Balaban J connectivity index is 1.76. The van der Waals surface area contributed by atoms with Gasteiger partial charge in [-0.1, -0.05) is 22.9 Å². The lowest BCUT2D eigenvalue weighted by atomic mass is 10.1. The van der Waals surface area contributed by atoms with E-state index in [2.05, 4.69) is 25.5 Å². The molecular formula is C16H9ClF3N5OS. The second kappa shape index (κ2) is 6.46. The number of aromatic nitrogens is 4. The minimum absolute atomic E-state index is 0.0315. The average Bonchev–Trinajstić information content (AvgIpc) is 3.21. The maximum absolute atomic E-state index is 12.7. The summed E-state index contributed by atoms with van der Waals surface area (Å²) in [5.41, 5.74) is 1.82. The molecule has 0 aliphatic carbocycles. The van der Waals surface area contributed by atoms with E-state index < -0.39 is 11.2 Å². The van der Waals surface area contributed by atoms with Gasteiger partial charge in [0.1, 0.15) is 17.9 Å². The summed E-state index contributed by atoms with van der Waals surface area (Å²) in [6.45, 7) is 1.81. The summed E-state index contributed by atoms with van der Waals surface area (Å²) in [6.07, 6.45) is -3.29. The highest BCUT2D eigenvalue weighted by Gasteiger charge is 2.35. The third-order valence-electron chi connectivity index (χ3n) is 3.73. The molecule has 6 nitrogen and oxygen atoms in total. The van der Waals surface area contributed by atoms with Crippen LogP contribution >= 0.6 is 22.9 Å². The molecule has 3 aromatic heterocycles. The number of alkyl halides is 3. The molecule has 0 unspecified atom stereocenters. The first-order valence-corrected chi connectivity index (χ1v) is 8.70. The van der Waals surface area contributed by atoms with Crippen LogP contribution in [0, 0.1) is 6.92 Å². The molecule has 11 heteroatoms. The molecule has 3 heterocycles. The van der Waals surface area contributed by atoms with Crippen LogP contribution in [0.15, 0.2) is 35.0 Å². The number of hydrogen-bond donors (Lipinski definition) is 1. The number of nitrogens with zero attached hydrogens (tertiary/aromatic N) is 4. The van der Waals surface area contributed by atoms with E-state index in [9.17, 15) is 13.2 Å². The van der Waals surface area contributed by atoms with Crippen molar-refractivity contribution in [3.05, 3.63) is 46.2 Å². The molecule has 0 aliphatic rings. The lowest BCUT2D eigenvalue weighted by Crippen LogP contribution is -2.03. The van der Waals surface area contributed by atoms with Crippen LogP contribution in [0.1, 0.15) is 10.6 Å². The van der Waals surface area contributed by atoms with Gasteiger partial charge in [-0.25, -0.2) is 9.97 Å². The Morgan fingerprint density at radius 2 is 1.85 bits per heavy atom. The molecule has 1 aromatic carbocycles. The summed E-state index contributed by atoms with van der Waals surface area (Å²) in [7, 11) is 0. The zero-order valence-electron chi connectivity index (χ0n) is 13.5. The van der Waals surface area contributed by atoms with E-state index in [1.165, 1.54) is 6.33 Å². The zero-order chi connectivity index (χ0) is 19.2. The van der Waals surface area contributed by atoms with Crippen LogP contribution in [0.25, 0.3) is 22.4 Å². The van der Waals surface area contributed by atoms with Crippen molar-refractivity contribution in [3.63, 3.8) is 0 Å². The van der Waals surface area contributed by atoms with Crippen LogP contribution in [-0.4, -0.2) is 20.2 Å². The first kappa shape index (κ1) is 17.7. The number of nitrogens with one attached hydrogen (secondary N) is 1. The molecule has 4 rings (SSSR count). The molecule has 0 atom stereocenters. The van der Waals surface area contributed by atoms with Gasteiger partial charge in [0.25, 0.3) is 0 Å². The number of furan rings is 1. The third kappa shape index (κ3) is 3.33. The number of anilines is 2. The lowest BCUT2D eigenvalue weighted by molar-refractivity contribution is -0.138. The largest absolute Gasteiger partial charge is 0.445 e. The molecule has 0 fully saturated rings. The van der Waals surface area contributed by atoms with E-state index in [0.29, 0.717) is 33.2 Å². The van der Waals surface area contributed by atoms with Gasteiger partial charge >= 0.3 is 6.18 Å². The van der Waals surface area contributed by atoms with Crippen molar-refractivity contribution in [2.75, 3.05) is 5.32 Å². The molecule has 0 amide bonds. The van der Waals surface area contributed by atoms with E-state index in [1.54, 1.807) is 24.3 Å². The smallest absolute Gasteiger partial charge is 0.437 e. The molecule has 0 saturated carbocycles. The van der Waals surface area contributed by atoms with Gasteiger partial charge in [0, 0.05) is 16.1 Å². The second-order valence-electron chi connectivity index (χ2n) is 5.50. The van der Waals surface area contributed by atoms with Crippen LogP contribution < -0.4 is 5.32 Å². The molecule has 27 heavy (non-hydrogen) atoms. The molecule has 0 bridgehead atoms. The van der Waals surface area contributed by atoms with Crippen molar-refractivity contribution in [2.45, 2.75) is 13.1 Å². The summed E-state index contributed by atoms with van der Waals surface area (Å²) < 4.78 is 43.9. The Hall–Kier alpha value is -2.72. The second-order valence-corrected chi connectivity index (χ2v) is 6.91. The van der Waals surface area contributed by atoms with Gasteiger partial charge in [-0.15, -0.1) is 10.2 Å². The van der Waals surface area contributed by atoms with E-state index in [4.69, 9.17) is 16.0 Å². The van der Waals surface area contributed by atoms with Crippen LogP contribution in [0.3, 0.4) is 0 Å². The molecule has 4 aromatic rings. The first-order chi connectivity index (χ1) is 12.8. The van der Waals surface area contributed by atoms with Crippen LogP contribution in [0.4, 0.5) is 24.1 Å². The quantitative estimate of drug-likeness (QED) is 0.482. The van der Waals surface area contributed by atoms with Gasteiger partial charge in [0.2, 0.25) is 15.9 Å². The SMILES string of the molecule is Cc1c(-c2ccc(Cl)cc2)oc2ncnc(Nc3nnc(C(F)(F)F)s3)c12. The highest BCUT2D eigenvalue weighted by Crippen LogP contribution is 2.38. The van der Waals surface area contributed by atoms with Gasteiger partial charge in [0.05, 0.1) is 5.39 Å².